The van der Waals surface area contributed by atoms with Crippen molar-refractivity contribution in [1.29, 1.82) is 0 Å². The second-order valence-corrected chi connectivity index (χ2v) is 7.31. The van der Waals surface area contributed by atoms with Gasteiger partial charge in [0.15, 0.2) is 0 Å². The van der Waals surface area contributed by atoms with E-state index in [-0.39, 0.29) is 16.8 Å². The molecule has 3 nitrogen and oxygen atoms in total. The van der Waals surface area contributed by atoms with Crippen LogP contribution in [0.3, 0.4) is 0 Å². The highest BCUT2D eigenvalue weighted by atomic mass is 16.5. The summed E-state index contributed by atoms with van der Waals surface area (Å²) in [4.78, 5) is 11.9. The molecule has 0 radical (unpaired) electrons. The van der Waals surface area contributed by atoms with Crippen molar-refractivity contribution in [2.45, 2.75) is 52.9 Å². The molecule has 0 amide bonds. The van der Waals surface area contributed by atoms with Gasteiger partial charge in [0.1, 0.15) is 11.5 Å². The minimum absolute atomic E-state index is 0.0547. The number of allylic oxidation sites excluding steroid dienone is 2. The van der Waals surface area contributed by atoms with Gasteiger partial charge in [0.05, 0.1) is 12.5 Å². The molecule has 2 bridgehead atoms. The Balaban J connectivity index is 1.79. The van der Waals surface area contributed by atoms with E-state index >= 15 is 0 Å². The number of unbranched alkanes of at least 4 members (excludes halogenated alkanes) is 1. The minimum atomic E-state index is -0.231. The van der Waals surface area contributed by atoms with Crippen LogP contribution in [0.25, 0.3) is 0 Å². The standard InChI is InChI=1S/C20H26O3/c1-5-6-7-17(23-16-10-14(2)8-9-15(16)3)19-11-20(12-19,13-19)18(21)22-4/h7-10H,5-6,11-13H2,1-4H3/b17-7+. The molecule has 0 unspecified atom stereocenters. The molecule has 3 aliphatic carbocycles. The lowest BCUT2D eigenvalue weighted by molar-refractivity contribution is -0.219. The molecule has 0 heterocycles. The van der Waals surface area contributed by atoms with E-state index in [4.69, 9.17) is 9.47 Å². The summed E-state index contributed by atoms with van der Waals surface area (Å²) in [7, 11) is 1.48. The number of carbonyl (C=O) groups is 1. The first-order valence-corrected chi connectivity index (χ1v) is 8.49. The van der Waals surface area contributed by atoms with Gasteiger partial charge in [-0.25, -0.2) is 0 Å². The first-order valence-electron chi connectivity index (χ1n) is 8.49. The molecule has 0 saturated heterocycles. The Morgan fingerprint density at radius 3 is 2.52 bits per heavy atom. The predicted octanol–water partition coefficient (Wildman–Crippen LogP) is 4.71. The zero-order chi connectivity index (χ0) is 16.7. The summed E-state index contributed by atoms with van der Waals surface area (Å²) in [6.45, 7) is 6.32. The van der Waals surface area contributed by atoms with E-state index in [0.29, 0.717) is 0 Å². The van der Waals surface area contributed by atoms with Crippen LogP contribution < -0.4 is 4.74 Å². The van der Waals surface area contributed by atoms with Crippen LogP contribution in [0, 0.1) is 24.7 Å². The van der Waals surface area contributed by atoms with Gasteiger partial charge in [0.25, 0.3) is 0 Å². The maximum Gasteiger partial charge on any atom is 0.311 e. The lowest BCUT2D eigenvalue weighted by atomic mass is 9.34. The second kappa shape index (κ2) is 5.70. The molecule has 3 heteroatoms. The second-order valence-electron chi connectivity index (χ2n) is 7.31. The summed E-state index contributed by atoms with van der Waals surface area (Å²) in [5.41, 5.74) is 2.17. The number of aryl methyl sites for hydroxylation is 2. The van der Waals surface area contributed by atoms with Gasteiger partial charge in [-0.05, 0) is 62.8 Å². The van der Waals surface area contributed by atoms with Crippen LogP contribution in [0.4, 0.5) is 0 Å². The van der Waals surface area contributed by atoms with E-state index in [1.165, 1.54) is 12.7 Å². The van der Waals surface area contributed by atoms with Gasteiger partial charge in [0, 0.05) is 5.41 Å². The fourth-order valence-electron chi connectivity index (χ4n) is 4.06. The number of hydrogen-bond acceptors (Lipinski definition) is 3. The maximum atomic E-state index is 11.9. The first-order chi connectivity index (χ1) is 10.9. The molecular formula is C20H26O3. The molecule has 3 saturated carbocycles. The van der Waals surface area contributed by atoms with E-state index in [1.54, 1.807) is 0 Å². The van der Waals surface area contributed by atoms with Crippen LogP contribution in [-0.2, 0) is 9.53 Å². The molecule has 4 rings (SSSR count). The molecule has 23 heavy (non-hydrogen) atoms. The Labute approximate surface area is 138 Å². The van der Waals surface area contributed by atoms with Crippen LogP contribution in [0.5, 0.6) is 5.75 Å². The van der Waals surface area contributed by atoms with Crippen molar-refractivity contribution in [3.63, 3.8) is 0 Å². The zero-order valence-electron chi connectivity index (χ0n) is 14.6. The smallest absolute Gasteiger partial charge is 0.311 e. The SMILES string of the molecule is CCC/C=C(/Oc1cc(C)ccc1C)C12CC(C(=O)OC)(C1)C2. The molecule has 0 N–H and O–H groups in total. The largest absolute Gasteiger partial charge is 0.469 e. The van der Waals surface area contributed by atoms with Crippen LogP contribution in [0.2, 0.25) is 0 Å². The van der Waals surface area contributed by atoms with E-state index in [9.17, 15) is 4.79 Å². The molecular weight excluding hydrogens is 288 g/mol. The Bertz CT molecular complexity index is 637. The topological polar surface area (TPSA) is 35.5 Å². The zero-order valence-corrected chi connectivity index (χ0v) is 14.6. The summed E-state index contributed by atoms with van der Waals surface area (Å²) in [6, 6.07) is 6.29. The number of ether oxygens (including phenoxy) is 2. The van der Waals surface area contributed by atoms with Gasteiger partial charge in [-0.1, -0.05) is 25.5 Å². The fourth-order valence-corrected chi connectivity index (χ4v) is 4.06. The van der Waals surface area contributed by atoms with Crippen LogP contribution in [-0.4, -0.2) is 13.1 Å². The van der Waals surface area contributed by atoms with Crippen LogP contribution in [0.15, 0.2) is 30.0 Å². The van der Waals surface area contributed by atoms with Crippen molar-refractivity contribution in [2.75, 3.05) is 7.11 Å². The third kappa shape index (κ3) is 2.56. The quantitative estimate of drug-likeness (QED) is 0.563. The minimum Gasteiger partial charge on any atom is -0.469 e. The molecule has 0 aromatic heterocycles. The average Bonchev–Trinajstić information content (AvgIpc) is 2.45. The molecule has 3 aliphatic rings. The van der Waals surface area contributed by atoms with Crippen molar-refractivity contribution < 1.29 is 14.3 Å². The predicted molar refractivity (Wildman–Crippen MR) is 90.3 cm³/mol. The number of rotatable bonds is 6. The fraction of sp³-hybridized carbons (Fsp3) is 0.550. The van der Waals surface area contributed by atoms with Gasteiger partial charge >= 0.3 is 5.97 Å². The Morgan fingerprint density at radius 2 is 1.91 bits per heavy atom. The maximum absolute atomic E-state index is 11.9. The van der Waals surface area contributed by atoms with E-state index in [2.05, 4.69) is 45.0 Å². The van der Waals surface area contributed by atoms with Gasteiger partial charge in [-0.15, -0.1) is 0 Å². The average molecular weight is 314 g/mol. The molecule has 0 aliphatic heterocycles. The number of benzene rings is 1. The van der Waals surface area contributed by atoms with Crippen molar-refractivity contribution in [3.05, 3.63) is 41.2 Å². The Hall–Kier alpha value is -1.77. The highest BCUT2D eigenvalue weighted by Crippen LogP contribution is 2.76. The van der Waals surface area contributed by atoms with Crippen molar-refractivity contribution in [1.82, 2.24) is 0 Å². The monoisotopic (exact) mass is 314 g/mol. The van der Waals surface area contributed by atoms with Crippen molar-refractivity contribution >= 4 is 5.97 Å². The number of hydrogen-bond donors (Lipinski definition) is 0. The van der Waals surface area contributed by atoms with Crippen molar-refractivity contribution in [3.8, 4) is 5.75 Å². The number of methoxy groups -OCH3 is 1. The molecule has 0 spiro atoms. The van der Waals surface area contributed by atoms with Gasteiger partial charge < -0.3 is 9.47 Å². The number of esters is 1. The molecule has 1 aromatic rings. The van der Waals surface area contributed by atoms with E-state index < -0.39 is 0 Å². The van der Waals surface area contributed by atoms with Gasteiger partial charge in [0.2, 0.25) is 0 Å². The molecule has 124 valence electrons. The normalized spacial score (nSPS) is 28.6. The van der Waals surface area contributed by atoms with E-state index in [1.807, 2.05) is 0 Å². The molecule has 1 aromatic carbocycles. The third-order valence-electron chi connectivity index (χ3n) is 5.35. The summed E-state index contributed by atoms with van der Waals surface area (Å²) in [5.74, 6) is 1.93. The highest BCUT2D eigenvalue weighted by Gasteiger charge is 2.74. The summed E-state index contributed by atoms with van der Waals surface area (Å²) >= 11 is 0. The first kappa shape index (κ1) is 16.1. The molecule has 0 atom stereocenters. The summed E-state index contributed by atoms with van der Waals surface area (Å²) in [5, 5.41) is 0. The lowest BCUT2D eigenvalue weighted by Crippen LogP contribution is -2.66. The van der Waals surface area contributed by atoms with Gasteiger partial charge in [-0.2, -0.15) is 0 Å². The Morgan fingerprint density at radius 1 is 1.22 bits per heavy atom. The van der Waals surface area contributed by atoms with Gasteiger partial charge in [-0.3, -0.25) is 4.79 Å². The third-order valence-corrected chi connectivity index (χ3v) is 5.35. The summed E-state index contributed by atoms with van der Waals surface area (Å²) in [6.07, 6.45) is 6.93. The van der Waals surface area contributed by atoms with Crippen LogP contribution >= 0.6 is 0 Å². The number of carbonyl (C=O) groups excluding carboxylic acids is 1. The molecule has 3 fully saturated rings. The Kier molecular flexibility index (Phi) is 3.99. The van der Waals surface area contributed by atoms with Crippen molar-refractivity contribution in [2.24, 2.45) is 10.8 Å². The van der Waals surface area contributed by atoms with E-state index in [0.717, 1.165) is 49.2 Å². The summed E-state index contributed by atoms with van der Waals surface area (Å²) < 4.78 is 11.3. The highest BCUT2D eigenvalue weighted by molar-refractivity contribution is 5.81. The van der Waals surface area contributed by atoms with Crippen LogP contribution in [0.1, 0.15) is 50.2 Å². The lowest BCUT2D eigenvalue weighted by Gasteiger charge is -2.68.